The maximum absolute atomic E-state index is 12.8. The molecule has 3 heterocycles. The molecule has 1 aromatic heterocycles. The summed E-state index contributed by atoms with van der Waals surface area (Å²) in [7, 11) is 0. The van der Waals surface area contributed by atoms with Gasteiger partial charge in [0, 0.05) is 19.7 Å². The molecule has 7 heteroatoms. The minimum Gasteiger partial charge on any atom is -0.376 e. The van der Waals surface area contributed by atoms with E-state index in [2.05, 4.69) is 15.6 Å². The highest BCUT2D eigenvalue weighted by atomic mass is 16.5. The summed E-state index contributed by atoms with van der Waals surface area (Å²) in [6.07, 6.45) is 4.35. The van der Waals surface area contributed by atoms with Crippen LogP contribution in [0.2, 0.25) is 0 Å². The number of hydrogen-bond donors (Lipinski definition) is 1. The summed E-state index contributed by atoms with van der Waals surface area (Å²) in [6, 6.07) is 0.346. The molecule has 0 aliphatic carbocycles. The molecule has 0 saturated carbocycles. The van der Waals surface area contributed by atoms with E-state index < -0.39 is 0 Å². The summed E-state index contributed by atoms with van der Waals surface area (Å²) in [5.74, 6) is -0.0271. The van der Waals surface area contributed by atoms with E-state index in [9.17, 15) is 4.79 Å². The lowest BCUT2D eigenvalue weighted by Crippen LogP contribution is -2.37. The van der Waals surface area contributed by atoms with Gasteiger partial charge in [0.15, 0.2) is 5.69 Å². The normalized spacial score (nSPS) is 22.4. The van der Waals surface area contributed by atoms with Crippen LogP contribution >= 0.6 is 0 Å². The van der Waals surface area contributed by atoms with Crippen LogP contribution in [0.4, 0.5) is 0 Å². The summed E-state index contributed by atoms with van der Waals surface area (Å²) >= 11 is 0. The van der Waals surface area contributed by atoms with Crippen molar-refractivity contribution in [1.82, 2.24) is 25.2 Å². The molecule has 1 N–H and O–H groups in total. The molecule has 3 rings (SSSR count). The average Bonchev–Trinajstić information content (AvgIpc) is 3.22. The third-order valence-electron chi connectivity index (χ3n) is 4.90. The van der Waals surface area contributed by atoms with E-state index in [1.165, 1.54) is 0 Å². The number of carbonyl (C=O) groups excluding carboxylic acids is 1. The second kappa shape index (κ2) is 7.40. The Labute approximate surface area is 137 Å². The number of hydrogen-bond acceptors (Lipinski definition) is 5. The van der Waals surface area contributed by atoms with Gasteiger partial charge in [-0.2, -0.15) is 0 Å². The largest absolute Gasteiger partial charge is 0.376 e. The summed E-state index contributed by atoms with van der Waals surface area (Å²) in [5, 5.41) is 11.8. The van der Waals surface area contributed by atoms with Gasteiger partial charge in [-0.1, -0.05) is 5.21 Å². The molecular weight excluding hydrogens is 294 g/mol. The molecule has 23 heavy (non-hydrogen) atoms. The van der Waals surface area contributed by atoms with Gasteiger partial charge in [-0.25, -0.2) is 4.68 Å². The Kier molecular flexibility index (Phi) is 5.27. The van der Waals surface area contributed by atoms with E-state index >= 15 is 0 Å². The Morgan fingerprint density at radius 2 is 2.17 bits per heavy atom. The second-order valence-electron chi connectivity index (χ2n) is 6.43. The van der Waals surface area contributed by atoms with Crippen molar-refractivity contribution in [2.45, 2.75) is 51.7 Å². The number of carbonyl (C=O) groups is 1. The molecule has 2 aliphatic rings. The third-order valence-corrected chi connectivity index (χ3v) is 4.90. The topological polar surface area (TPSA) is 72.3 Å². The van der Waals surface area contributed by atoms with Crippen molar-refractivity contribution in [3.8, 4) is 0 Å². The van der Waals surface area contributed by atoms with Gasteiger partial charge >= 0.3 is 0 Å². The van der Waals surface area contributed by atoms with Gasteiger partial charge in [0.25, 0.3) is 5.91 Å². The fourth-order valence-electron chi connectivity index (χ4n) is 3.48. The first-order chi connectivity index (χ1) is 11.2. The average molecular weight is 321 g/mol. The van der Waals surface area contributed by atoms with E-state index in [1.54, 1.807) is 0 Å². The smallest absolute Gasteiger partial charge is 0.276 e. The predicted molar refractivity (Wildman–Crippen MR) is 86.5 cm³/mol. The first-order valence-corrected chi connectivity index (χ1v) is 8.74. The number of likely N-dealkylation sites (N-methyl/N-ethyl adjacent to an activating group) is 1. The lowest BCUT2D eigenvalue weighted by atomic mass is 10.1. The van der Waals surface area contributed by atoms with Gasteiger partial charge < -0.3 is 15.0 Å². The SMILES string of the molecule is CCN(CC1CCCO1)C(=O)c1nnn(C2CCNCC2)c1C. The molecule has 128 valence electrons. The third kappa shape index (κ3) is 3.55. The molecule has 1 aromatic rings. The fourth-order valence-corrected chi connectivity index (χ4v) is 3.48. The van der Waals surface area contributed by atoms with Gasteiger partial charge in [-0.3, -0.25) is 4.79 Å². The highest BCUT2D eigenvalue weighted by molar-refractivity contribution is 5.93. The minimum absolute atomic E-state index is 0.0271. The summed E-state index contributed by atoms with van der Waals surface area (Å²) in [5.41, 5.74) is 1.37. The monoisotopic (exact) mass is 321 g/mol. The van der Waals surface area contributed by atoms with Gasteiger partial charge in [-0.05, 0) is 52.6 Å². The second-order valence-corrected chi connectivity index (χ2v) is 6.43. The highest BCUT2D eigenvalue weighted by Gasteiger charge is 2.27. The molecule has 2 saturated heterocycles. The molecule has 0 spiro atoms. The van der Waals surface area contributed by atoms with Crippen molar-refractivity contribution >= 4 is 5.91 Å². The zero-order valence-electron chi connectivity index (χ0n) is 14.1. The molecule has 2 fully saturated rings. The highest BCUT2D eigenvalue weighted by Crippen LogP contribution is 2.21. The van der Waals surface area contributed by atoms with Crippen molar-refractivity contribution in [1.29, 1.82) is 0 Å². The Hall–Kier alpha value is -1.47. The number of rotatable bonds is 5. The molecule has 1 unspecified atom stereocenters. The zero-order chi connectivity index (χ0) is 16.2. The number of nitrogens with one attached hydrogen (secondary N) is 1. The molecule has 1 atom stereocenters. The fraction of sp³-hybridized carbons (Fsp3) is 0.812. The van der Waals surface area contributed by atoms with Gasteiger partial charge in [0.2, 0.25) is 0 Å². The van der Waals surface area contributed by atoms with Crippen molar-refractivity contribution in [3.63, 3.8) is 0 Å². The first-order valence-electron chi connectivity index (χ1n) is 8.74. The number of nitrogens with zero attached hydrogens (tertiary/aromatic N) is 4. The summed E-state index contributed by atoms with van der Waals surface area (Å²) in [4.78, 5) is 14.7. The number of aromatic nitrogens is 3. The molecule has 1 amide bonds. The quantitative estimate of drug-likeness (QED) is 0.881. The van der Waals surface area contributed by atoms with Crippen LogP contribution in [-0.2, 0) is 4.74 Å². The number of piperidine rings is 1. The van der Waals surface area contributed by atoms with Crippen LogP contribution in [-0.4, -0.2) is 64.7 Å². The molecule has 0 aromatic carbocycles. The maximum atomic E-state index is 12.8. The van der Waals surface area contributed by atoms with Crippen molar-refractivity contribution < 1.29 is 9.53 Å². The Morgan fingerprint density at radius 3 is 2.83 bits per heavy atom. The maximum Gasteiger partial charge on any atom is 0.276 e. The number of amides is 1. The van der Waals surface area contributed by atoms with Crippen molar-refractivity contribution in [2.24, 2.45) is 0 Å². The van der Waals surface area contributed by atoms with Gasteiger partial charge in [0.05, 0.1) is 17.8 Å². The van der Waals surface area contributed by atoms with E-state index in [0.29, 0.717) is 24.8 Å². The van der Waals surface area contributed by atoms with E-state index in [0.717, 1.165) is 51.1 Å². The van der Waals surface area contributed by atoms with E-state index in [4.69, 9.17) is 4.74 Å². The lowest BCUT2D eigenvalue weighted by Gasteiger charge is -2.24. The van der Waals surface area contributed by atoms with Crippen molar-refractivity contribution in [3.05, 3.63) is 11.4 Å². The van der Waals surface area contributed by atoms with Crippen LogP contribution in [0, 0.1) is 6.92 Å². The van der Waals surface area contributed by atoms with Crippen molar-refractivity contribution in [2.75, 3.05) is 32.8 Å². The van der Waals surface area contributed by atoms with Crippen LogP contribution in [0.25, 0.3) is 0 Å². The zero-order valence-corrected chi connectivity index (χ0v) is 14.1. The lowest BCUT2D eigenvalue weighted by molar-refractivity contribution is 0.0534. The van der Waals surface area contributed by atoms with Crippen LogP contribution in [0.3, 0.4) is 0 Å². The van der Waals surface area contributed by atoms with Gasteiger partial charge in [-0.15, -0.1) is 5.10 Å². The molecule has 0 radical (unpaired) electrons. The Morgan fingerprint density at radius 1 is 1.39 bits per heavy atom. The van der Waals surface area contributed by atoms with Crippen LogP contribution in [0.1, 0.15) is 54.8 Å². The minimum atomic E-state index is -0.0271. The van der Waals surface area contributed by atoms with Gasteiger partial charge in [0.1, 0.15) is 0 Å². The summed E-state index contributed by atoms with van der Waals surface area (Å²) < 4.78 is 7.60. The predicted octanol–water partition coefficient (Wildman–Crippen LogP) is 1.15. The van der Waals surface area contributed by atoms with Crippen LogP contribution in [0.5, 0.6) is 0 Å². The van der Waals surface area contributed by atoms with Crippen LogP contribution < -0.4 is 5.32 Å². The molecular formula is C16H27N5O2. The Balaban J connectivity index is 1.71. The molecule has 0 bridgehead atoms. The Bertz CT molecular complexity index is 533. The standard InChI is InChI=1S/C16H27N5O2/c1-3-20(11-14-5-4-10-23-14)16(22)15-12(2)21(19-18-15)13-6-8-17-9-7-13/h13-14,17H,3-11H2,1-2H3. The first kappa shape index (κ1) is 16.4. The summed E-state index contributed by atoms with van der Waals surface area (Å²) in [6.45, 7) is 8.06. The van der Waals surface area contributed by atoms with E-state index in [-0.39, 0.29) is 12.0 Å². The van der Waals surface area contributed by atoms with E-state index in [1.807, 2.05) is 23.4 Å². The molecule has 7 nitrogen and oxygen atoms in total. The number of ether oxygens (including phenoxy) is 1. The molecule has 2 aliphatic heterocycles. The van der Waals surface area contributed by atoms with Crippen LogP contribution in [0.15, 0.2) is 0 Å².